The number of nitrogens with one attached hydrogen (secondary N) is 1. The van der Waals surface area contributed by atoms with E-state index in [-0.39, 0.29) is 15.9 Å². The lowest BCUT2D eigenvalue weighted by molar-refractivity contribution is -0.384. The van der Waals surface area contributed by atoms with Crippen LogP contribution < -0.4 is 4.72 Å². The van der Waals surface area contributed by atoms with Gasteiger partial charge in [0.05, 0.1) is 15.5 Å². The van der Waals surface area contributed by atoms with Crippen molar-refractivity contribution in [2.75, 3.05) is 4.72 Å². The first kappa shape index (κ1) is 20.3. The predicted octanol–water partition coefficient (Wildman–Crippen LogP) is 4.44. The summed E-state index contributed by atoms with van der Waals surface area (Å²) in [6.45, 7) is 3.99. The Morgan fingerprint density at radius 3 is 2.67 bits per heavy atom. The smallest absolute Gasteiger partial charge is 0.258 e. The molecule has 0 aliphatic heterocycles. The van der Waals surface area contributed by atoms with Crippen molar-refractivity contribution in [3.63, 3.8) is 0 Å². The van der Waals surface area contributed by atoms with E-state index in [1.165, 1.54) is 17.4 Å². The number of thiazole rings is 1. The molecular weight excluding hydrogens is 450 g/mol. The molecule has 0 bridgehead atoms. The molecule has 2 aromatic carbocycles. The lowest BCUT2D eigenvalue weighted by Crippen LogP contribution is -2.14. The fraction of sp³-hybridized carbons (Fsp3) is 0.111. The number of nitro groups is 1. The third-order valence-corrected chi connectivity index (χ3v) is 6.85. The first-order valence-electron chi connectivity index (χ1n) is 8.54. The summed E-state index contributed by atoms with van der Waals surface area (Å²) in [7, 11) is -4.15. The van der Waals surface area contributed by atoms with E-state index in [1.54, 1.807) is 4.52 Å². The van der Waals surface area contributed by atoms with Crippen molar-refractivity contribution in [2.45, 2.75) is 18.7 Å². The molecule has 0 saturated carbocycles. The number of nitrogens with zero attached hydrogens (tertiary/aromatic N) is 4. The maximum Gasteiger partial charge on any atom is 0.289 e. The molecule has 1 N–H and O–H groups in total. The molecule has 0 aliphatic carbocycles. The van der Waals surface area contributed by atoms with Crippen LogP contribution in [-0.2, 0) is 10.0 Å². The van der Waals surface area contributed by atoms with E-state index in [0.29, 0.717) is 4.96 Å². The average molecular weight is 464 g/mol. The molecule has 2 aromatic heterocycles. The summed E-state index contributed by atoms with van der Waals surface area (Å²) in [6.07, 6.45) is 0. The first-order chi connectivity index (χ1) is 14.2. The van der Waals surface area contributed by atoms with Crippen molar-refractivity contribution in [3.8, 4) is 11.3 Å². The van der Waals surface area contributed by atoms with Crippen LogP contribution in [-0.4, -0.2) is 27.9 Å². The Balaban J connectivity index is 1.70. The van der Waals surface area contributed by atoms with Crippen molar-refractivity contribution in [3.05, 3.63) is 68.0 Å². The summed E-state index contributed by atoms with van der Waals surface area (Å²) in [4.78, 5) is 14.7. The largest absolute Gasteiger partial charge is 0.289 e. The molecule has 0 spiro atoms. The molecule has 0 radical (unpaired) electrons. The number of fused-ring (bicyclic) bond motifs is 1. The van der Waals surface area contributed by atoms with Gasteiger partial charge < -0.3 is 0 Å². The Kier molecular flexibility index (Phi) is 4.96. The predicted molar refractivity (Wildman–Crippen MR) is 115 cm³/mol. The van der Waals surface area contributed by atoms with Gasteiger partial charge in [-0.1, -0.05) is 35.4 Å². The number of nitro benzene ring substituents is 1. The normalized spacial score (nSPS) is 11.7. The van der Waals surface area contributed by atoms with Crippen LogP contribution in [0.5, 0.6) is 0 Å². The van der Waals surface area contributed by atoms with Crippen LogP contribution in [0.2, 0.25) is 5.02 Å². The summed E-state index contributed by atoms with van der Waals surface area (Å²) < 4.78 is 29.2. The molecule has 0 unspecified atom stereocenters. The minimum absolute atomic E-state index is 0.134. The molecule has 0 fully saturated rings. The van der Waals surface area contributed by atoms with Crippen molar-refractivity contribution >= 4 is 49.6 Å². The van der Waals surface area contributed by atoms with E-state index in [2.05, 4.69) is 14.8 Å². The highest BCUT2D eigenvalue weighted by molar-refractivity contribution is 7.92. The summed E-state index contributed by atoms with van der Waals surface area (Å²) in [6, 6.07) is 9.24. The van der Waals surface area contributed by atoms with Crippen molar-refractivity contribution in [1.82, 2.24) is 14.6 Å². The minimum atomic E-state index is -4.15. The average Bonchev–Trinajstić information content (AvgIpc) is 3.21. The molecule has 0 saturated heterocycles. The van der Waals surface area contributed by atoms with E-state index in [1.807, 2.05) is 37.4 Å². The van der Waals surface area contributed by atoms with Gasteiger partial charge in [0.15, 0.2) is 0 Å². The van der Waals surface area contributed by atoms with Gasteiger partial charge in [0.25, 0.3) is 21.7 Å². The Labute approximate surface area is 180 Å². The van der Waals surface area contributed by atoms with E-state index in [4.69, 9.17) is 11.6 Å². The highest BCUT2D eigenvalue weighted by Gasteiger charge is 2.23. The van der Waals surface area contributed by atoms with Gasteiger partial charge in [0.1, 0.15) is 5.02 Å². The van der Waals surface area contributed by atoms with Crippen LogP contribution in [0, 0.1) is 24.0 Å². The van der Waals surface area contributed by atoms with Gasteiger partial charge in [-0.25, -0.2) is 17.7 Å². The maximum absolute atomic E-state index is 12.7. The number of rotatable bonds is 5. The molecule has 154 valence electrons. The molecule has 0 amide bonds. The maximum atomic E-state index is 12.7. The number of hydrogen-bond acceptors (Lipinski definition) is 7. The van der Waals surface area contributed by atoms with E-state index in [9.17, 15) is 18.5 Å². The summed E-state index contributed by atoms with van der Waals surface area (Å²) in [5, 5.41) is 17.0. The Morgan fingerprint density at radius 1 is 1.20 bits per heavy atom. The van der Waals surface area contributed by atoms with Gasteiger partial charge in [-0.2, -0.15) is 4.98 Å². The molecule has 9 nitrogen and oxygen atoms in total. The number of aromatic nitrogens is 3. The molecule has 2 heterocycles. The zero-order valence-corrected chi connectivity index (χ0v) is 18.0. The molecule has 4 aromatic rings. The topological polar surface area (TPSA) is 120 Å². The highest BCUT2D eigenvalue weighted by Crippen LogP contribution is 2.30. The van der Waals surface area contributed by atoms with Crippen LogP contribution in [0.15, 0.2) is 46.7 Å². The number of anilines is 1. The molecule has 0 aliphatic rings. The second-order valence-corrected chi connectivity index (χ2v) is 9.47. The standard InChI is InChI=1S/C18H14ClN5O4S2/c1-10-3-5-13(11(2)7-10)16-9-29-18-20-17(21-23(16)18)22-30(27,28)12-4-6-14(19)15(8-12)24(25)26/h3-9H,1-2H3,(H,21,22). The van der Waals surface area contributed by atoms with Gasteiger partial charge in [-0.05, 0) is 31.5 Å². The Morgan fingerprint density at radius 2 is 1.97 bits per heavy atom. The Bertz CT molecular complexity index is 1410. The lowest BCUT2D eigenvalue weighted by atomic mass is 10.0. The zero-order chi connectivity index (χ0) is 21.6. The van der Waals surface area contributed by atoms with Crippen LogP contribution in [0.3, 0.4) is 0 Å². The minimum Gasteiger partial charge on any atom is -0.258 e. The third-order valence-electron chi connectivity index (χ3n) is 4.39. The monoisotopic (exact) mass is 463 g/mol. The van der Waals surface area contributed by atoms with Gasteiger partial charge in [0, 0.05) is 17.0 Å². The second-order valence-electron chi connectivity index (χ2n) is 6.54. The highest BCUT2D eigenvalue weighted by atomic mass is 35.5. The number of halogens is 1. The van der Waals surface area contributed by atoms with Crippen molar-refractivity contribution in [1.29, 1.82) is 0 Å². The second kappa shape index (κ2) is 7.35. The quantitative estimate of drug-likeness (QED) is 0.345. The van der Waals surface area contributed by atoms with Crippen LogP contribution >= 0.6 is 22.9 Å². The van der Waals surface area contributed by atoms with E-state index >= 15 is 0 Å². The van der Waals surface area contributed by atoms with Gasteiger partial charge in [-0.3, -0.25) is 10.1 Å². The SMILES string of the molecule is Cc1ccc(-c2csc3nc(NS(=O)(=O)c4ccc(Cl)c([N+](=O)[O-])c4)nn23)c(C)c1. The lowest BCUT2D eigenvalue weighted by Gasteiger charge is -2.06. The zero-order valence-electron chi connectivity index (χ0n) is 15.7. The van der Waals surface area contributed by atoms with E-state index in [0.717, 1.165) is 34.5 Å². The first-order valence-corrected chi connectivity index (χ1v) is 11.3. The molecule has 30 heavy (non-hydrogen) atoms. The Hall–Kier alpha value is -3.02. The van der Waals surface area contributed by atoms with Gasteiger partial charge >= 0.3 is 0 Å². The van der Waals surface area contributed by atoms with Crippen LogP contribution in [0.25, 0.3) is 16.2 Å². The van der Waals surface area contributed by atoms with Crippen molar-refractivity contribution < 1.29 is 13.3 Å². The van der Waals surface area contributed by atoms with Gasteiger partial charge in [-0.15, -0.1) is 16.4 Å². The number of hydrogen-bond donors (Lipinski definition) is 1. The van der Waals surface area contributed by atoms with E-state index < -0.39 is 20.6 Å². The summed E-state index contributed by atoms with van der Waals surface area (Å²) in [5.74, 6) is -0.134. The van der Waals surface area contributed by atoms with Crippen LogP contribution in [0.4, 0.5) is 11.6 Å². The molecular formula is C18H14ClN5O4S2. The molecule has 12 heteroatoms. The summed E-state index contributed by atoms with van der Waals surface area (Å²) in [5.41, 5.74) is 3.43. The fourth-order valence-electron chi connectivity index (χ4n) is 2.99. The number of benzene rings is 2. The third kappa shape index (κ3) is 3.62. The van der Waals surface area contributed by atoms with Crippen LogP contribution in [0.1, 0.15) is 11.1 Å². The summed E-state index contributed by atoms with van der Waals surface area (Å²) >= 11 is 7.08. The number of sulfonamides is 1. The molecule has 4 rings (SSSR count). The van der Waals surface area contributed by atoms with Crippen molar-refractivity contribution in [2.24, 2.45) is 0 Å². The van der Waals surface area contributed by atoms with Gasteiger partial charge in [0.2, 0.25) is 4.96 Å². The number of aryl methyl sites for hydroxylation is 2. The molecule has 0 atom stereocenters. The fourth-order valence-corrected chi connectivity index (χ4v) is 4.96.